The molecule has 3 nitrogen and oxygen atoms in total. The summed E-state index contributed by atoms with van der Waals surface area (Å²) in [5.41, 5.74) is 3.05. The Kier molecular flexibility index (Phi) is 4.44. The Balaban J connectivity index is 1.69. The minimum Gasteiger partial charge on any atom is -0.439 e. The molecule has 1 aromatic heterocycles. The van der Waals surface area contributed by atoms with E-state index in [1.807, 2.05) is 42.5 Å². The van der Waals surface area contributed by atoms with Gasteiger partial charge in [0.05, 0.1) is 0 Å². The van der Waals surface area contributed by atoms with E-state index in [4.69, 9.17) is 4.74 Å². The molecule has 0 radical (unpaired) electrons. The van der Waals surface area contributed by atoms with Gasteiger partial charge in [-0.3, -0.25) is 0 Å². The van der Waals surface area contributed by atoms with Gasteiger partial charge in [-0.2, -0.15) is 0 Å². The van der Waals surface area contributed by atoms with E-state index in [2.05, 4.69) is 16.4 Å². The summed E-state index contributed by atoms with van der Waals surface area (Å²) in [6.07, 6.45) is 2.57. The van der Waals surface area contributed by atoms with Gasteiger partial charge in [0.25, 0.3) is 0 Å². The van der Waals surface area contributed by atoms with Gasteiger partial charge in [0.1, 0.15) is 11.6 Å². The Labute approximate surface area is 146 Å². The standard InChI is InChI=1S/C21H19FN2O/c22-20-6-2-1-5-19(20)18-10-12-23-14-15-13-16(8-9-17(15)18)25-21-7-3-4-11-24-21/h1-9,11,13,18,23H,10,12,14H2. The quantitative estimate of drug-likeness (QED) is 0.758. The second kappa shape index (κ2) is 7.03. The van der Waals surface area contributed by atoms with Gasteiger partial charge in [-0.1, -0.05) is 30.3 Å². The van der Waals surface area contributed by atoms with E-state index in [0.29, 0.717) is 5.88 Å². The lowest BCUT2D eigenvalue weighted by Crippen LogP contribution is -2.12. The predicted octanol–water partition coefficient (Wildman–Crippen LogP) is 4.64. The summed E-state index contributed by atoms with van der Waals surface area (Å²) in [6.45, 7) is 1.60. The van der Waals surface area contributed by atoms with Crippen LogP contribution in [0.15, 0.2) is 66.9 Å². The molecule has 2 aromatic carbocycles. The molecule has 0 fully saturated rings. The lowest BCUT2D eigenvalue weighted by Gasteiger charge is -2.19. The number of pyridine rings is 1. The van der Waals surface area contributed by atoms with Crippen molar-refractivity contribution in [3.63, 3.8) is 0 Å². The van der Waals surface area contributed by atoms with Crippen molar-refractivity contribution in [3.8, 4) is 11.6 Å². The molecule has 3 aromatic rings. The predicted molar refractivity (Wildman–Crippen MR) is 95.3 cm³/mol. The number of hydrogen-bond acceptors (Lipinski definition) is 3. The highest BCUT2D eigenvalue weighted by atomic mass is 19.1. The van der Waals surface area contributed by atoms with Crippen molar-refractivity contribution in [2.45, 2.75) is 18.9 Å². The monoisotopic (exact) mass is 334 g/mol. The molecule has 25 heavy (non-hydrogen) atoms. The smallest absolute Gasteiger partial charge is 0.219 e. The highest BCUT2D eigenvalue weighted by Crippen LogP contribution is 2.35. The summed E-state index contributed by atoms with van der Waals surface area (Å²) in [7, 11) is 0. The Hall–Kier alpha value is -2.72. The third kappa shape index (κ3) is 3.39. The number of ether oxygens (including phenoxy) is 1. The molecule has 1 aliphatic heterocycles. The second-order valence-electron chi connectivity index (χ2n) is 6.17. The number of benzene rings is 2. The van der Waals surface area contributed by atoms with E-state index < -0.39 is 0 Å². The number of fused-ring (bicyclic) bond motifs is 1. The molecule has 1 atom stereocenters. The fraction of sp³-hybridized carbons (Fsp3) is 0.190. The molecular weight excluding hydrogens is 315 g/mol. The van der Waals surface area contributed by atoms with E-state index in [9.17, 15) is 4.39 Å². The van der Waals surface area contributed by atoms with Crippen LogP contribution in [0.2, 0.25) is 0 Å². The summed E-state index contributed by atoms with van der Waals surface area (Å²) in [4.78, 5) is 4.19. The first kappa shape index (κ1) is 15.8. The Morgan fingerprint density at radius 1 is 1.00 bits per heavy atom. The van der Waals surface area contributed by atoms with Crippen LogP contribution in [-0.4, -0.2) is 11.5 Å². The van der Waals surface area contributed by atoms with Crippen LogP contribution in [0.1, 0.15) is 29.0 Å². The summed E-state index contributed by atoms with van der Waals surface area (Å²) < 4.78 is 20.2. The topological polar surface area (TPSA) is 34.1 Å². The number of aromatic nitrogens is 1. The summed E-state index contributed by atoms with van der Waals surface area (Å²) >= 11 is 0. The lowest BCUT2D eigenvalue weighted by molar-refractivity contribution is 0.462. The minimum absolute atomic E-state index is 0.0510. The normalized spacial score (nSPS) is 16.8. The first-order valence-corrected chi connectivity index (χ1v) is 8.48. The third-order valence-electron chi connectivity index (χ3n) is 4.56. The van der Waals surface area contributed by atoms with Crippen LogP contribution in [-0.2, 0) is 6.54 Å². The van der Waals surface area contributed by atoms with Gasteiger partial charge in [-0.15, -0.1) is 0 Å². The fourth-order valence-corrected chi connectivity index (χ4v) is 3.37. The largest absolute Gasteiger partial charge is 0.439 e. The maximum Gasteiger partial charge on any atom is 0.219 e. The number of nitrogens with one attached hydrogen (secondary N) is 1. The Bertz CT molecular complexity index is 867. The van der Waals surface area contributed by atoms with Gasteiger partial charge in [0.2, 0.25) is 5.88 Å². The number of rotatable bonds is 3. The molecule has 0 amide bonds. The van der Waals surface area contributed by atoms with Crippen LogP contribution in [0.4, 0.5) is 4.39 Å². The van der Waals surface area contributed by atoms with Crippen LogP contribution in [0.25, 0.3) is 0 Å². The van der Waals surface area contributed by atoms with E-state index in [0.717, 1.165) is 42.0 Å². The lowest BCUT2D eigenvalue weighted by atomic mass is 9.86. The van der Waals surface area contributed by atoms with E-state index in [1.165, 1.54) is 6.07 Å². The number of nitrogens with zero attached hydrogens (tertiary/aromatic N) is 1. The maximum atomic E-state index is 14.3. The van der Waals surface area contributed by atoms with E-state index in [-0.39, 0.29) is 11.7 Å². The molecular formula is C21H19FN2O. The first-order valence-electron chi connectivity index (χ1n) is 8.48. The van der Waals surface area contributed by atoms with Crippen molar-refractivity contribution in [3.05, 3.63) is 89.4 Å². The van der Waals surface area contributed by atoms with Gasteiger partial charge in [-0.25, -0.2) is 9.37 Å². The Morgan fingerprint density at radius 2 is 1.88 bits per heavy atom. The number of halogens is 1. The van der Waals surface area contributed by atoms with Gasteiger partial charge < -0.3 is 10.1 Å². The highest BCUT2D eigenvalue weighted by Gasteiger charge is 2.23. The minimum atomic E-state index is -0.144. The zero-order valence-corrected chi connectivity index (χ0v) is 13.8. The maximum absolute atomic E-state index is 14.3. The van der Waals surface area contributed by atoms with E-state index >= 15 is 0 Å². The zero-order valence-electron chi connectivity index (χ0n) is 13.8. The molecule has 0 aliphatic carbocycles. The molecule has 2 heterocycles. The second-order valence-corrected chi connectivity index (χ2v) is 6.17. The number of hydrogen-bond donors (Lipinski definition) is 1. The fourth-order valence-electron chi connectivity index (χ4n) is 3.37. The summed E-state index contributed by atoms with van der Waals surface area (Å²) in [6, 6.07) is 18.6. The molecule has 0 spiro atoms. The first-order chi connectivity index (χ1) is 12.3. The van der Waals surface area contributed by atoms with Crippen molar-refractivity contribution in [1.29, 1.82) is 0 Å². The summed E-state index contributed by atoms with van der Waals surface area (Å²) in [5, 5.41) is 3.42. The highest BCUT2D eigenvalue weighted by molar-refractivity contribution is 5.44. The van der Waals surface area contributed by atoms with E-state index in [1.54, 1.807) is 12.3 Å². The van der Waals surface area contributed by atoms with Crippen LogP contribution in [0, 0.1) is 5.82 Å². The van der Waals surface area contributed by atoms with Crippen molar-refractivity contribution >= 4 is 0 Å². The van der Waals surface area contributed by atoms with Gasteiger partial charge in [0.15, 0.2) is 0 Å². The van der Waals surface area contributed by atoms with Gasteiger partial charge in [-0.05, 0) is 53.9 Å². The average Bonchev–Trinajstić information content (AvgIpc) is 2.85. The molecule has 4 heteroatoms. The SMILES string of the molecule is Fc1ccccc1C1CCNCc2cc(Oc3ccccn3)ccc21. The Morgan fingerprint density at radius 3 is 2.72 bits per heavy atom. The molecule has 0 saturated heterocycles. The van der Waals surface area contributed by atoms with Crippen molar-refractivity contribution in [1.82, 2.24) is 10.3 Å². The van der Waals surface area contributed by atoms with Crippen molar-refractivity contribution in [2.24, 2.45) is 0 Å². The molecule has 1 N–H and O–H groups in total. The van der Waals surface area contributed by atoms with Crippen molar-refractivity contribution in [2.75, 3.05) is 6.54 Å². The summed E-state index contributed by atoms with van der Waals surface area (Å²) in [5.74, 6) is 1.22. The van der Waals surface area contributed by atoms with Crippen LogP contribution in [0.5, 0.6) is 11.6 Å². The van der Waals surface area contributed by atoms with Gasteiger partial charge in [0, 0.05) is 24.7 Å². The molecule has 1 aliphatic rings. The van der Waals surface area contributed by atoms with Crippen LogP contribution >= 0.6 is 0 Å². The molecule has 1 unspecified atom stereocenters. The molecule has 4 rings (SSSR count). The zero-order chi connectivity index (χ0) is 17.1. The average molecular weight is 334 g/mol. The third-order valence-corrected chi connectivity index (χ3v) is 4.56. The van der Waals surface area contributed by atoms with Gasteiger partial charge >= 0.3 is 0 Å². The molecule has 0 bridgehead atoms. The molecule has 0 saturated carbocycles. The van der Waals surface area contributed by atoms with Crippen molar-refractivity contribution < 1.29 is 9.13 Å². The molecule has 126 valence electrons. The van der Waals surface area contributed by atoms with Crippen LogP contribution < -0.4 is 10.1 Å². The van der Waals surface area contributed by atoms with Crippen LogP contribution in [0.3, 0.4) is 0 Å².